The van der Waals surface area contributed by atoms with Crippen molar-refractivity contribution < 1.29 is 17.9 Å². The Morgan fingerprint density at radius 1 is 1.14 bits per heavy atom. The molecule has 0 radical (unpaired) electrons. The molecule has 0 aliphatic carbocycles. The van der Waals surface area contributed by atoms with Crippen molar-refractivity contribution >= 4 is 44.8 Å². The minimum Gasteiger partial charge on any atom is -0.496 e. The maximum atomic E-state index is 12.8. The Morgan fingerprint density at radius 3 is 2.39 bits per heavy atom. The van der Waals surface area contributed by atoms with Gasteiger partial charge in [0.2, 0.25) is 15.9 Å². The highest BCUT2D eigenvalue weighted by molar-refractivity contribution is 7.92. The predicted octanol–water partition coefficient (Wildman–Crippen LogP) is 4.03. The van der Waals surface area contributed by atoms with Gasteiger partial charge in [-0.15, -0.1) is 0 Å². The molecule has 0 bridgehead atoms. The number of nitrogens with zero attached hydrogens (tertiary/aromatic N) is 1. The SMILES string of the molecule is COc1ccccc1C(C)NC(=O)C(C)N(c1cc(Cl)ccc1Cl)S(C)(=O)=O. The van der Waals surface area contributed by atoms with Crippen molar-refractivity contribution in [3.63, 3.8) is 0 Å². The second kappa shape index (κ2) is 9.03. The van der Waals surface area contributed by atoms with Crippen molar-refractivity contribution in [1.82, 2.24) is 5.32 Å². The van der Waals surface area contributed by atoms with Crippen molar-refractivity contribution in [3.05, 3.63) is 58.1 Å². The molecule has 1 N–H and O–H groups in total. The van der Waals surface area contributed by atoms with Gasteiger partial charge in [0.05, 0.1) is 30.1 Å². The van der Waals surface area contributed by atoms with Crippen molar-refractivity contribution in [2.45, 2.75) is 25.9 Å². The number of ether oxygens (including phenoxy) is 1. The average molecular weight is 445 g/mol. The van der Waals surface area contributed by atoms with E-state index in [1.54, 1.807) is 26.2 Å². The van der Waals surface area contributed by atoms with Gasteiger partial charge in [0, 0.05) is 10.6 Å². The smallest absolute Gasteiger partial charge is 0.244 e. The summed E-state index contributed by atoms with van der Waals surface area (Å²) in [4.78, 5) is 12.8. The zero-order chi connectivity index (χ0) is 21.1. The number of sulfonamides is 1. The van der Waals surface area contributed by atoms with Gasteiger partial charge < -0.3 is 10.1 Å². The quantitative estimate of drug-likeness (QED) is 0.698. The Hall–Kier alpha value is -1.96. The second-order valence-corrected chi connectivity index (χ2v) is 9.01. The lowest BCUT2D eigenvalue weighted by Crippen LogP contribution is -2.48. The van der Waals surface area contributed by atoms with Gasteiger partial charge in [-0.2, -0.15) is 0 Å². The molecule has 0 aliphatic heterocycles. The first kappa shape index (κ1) is 22.3. The molecule has 9 heteroatoms. The summed E-state index contributed by atoms with van der Waals surface area (Å²) >= 11 is 12.2. The van der Waals surface area contributed by atoms with Crippen molar-refractivity contribution in [1.29, 1.82) is 0 Å². The van der Waals surface area contributed by atoms with Crippen LogP contribution in [0.3, 0.4) is 0 Å². The fourth-order valence-electron chi connectivity index (χ4n) is 2.87. The average Bonchev–Trinajstić information content (AvgIpc) is 2.63. The first-order chi connectivity index (χ1) is 13.1. The standard InChI is InChI=1S/C19H22Cl2N2O4S/c1-12(15-7-5-6-8-18(15)27-3)22-19(24)13(2)23(28(4,25)26)17-11-14(20)9-10-16(17)21/h5-13H,1-4H3,(H,22,24). The number of rotatable bonds is 7. The van der Waals surface area contributed by atoms with Gasteiger partial charge in [0.25, 0.3) is 0 Å². The van der Waals surface area contributed by atoms with Crippen molar-refractivity contribution in [2.24, 2.45) is 0 Å². The zero-order valence-corrected chi connectivity index (χ0v) is 18.3. The van der Waals surface area contributed by atoms with E-state index in [0.29, 0.717) is 10.8 Å². The molecule has 0 fully saturated rings. The molecule has 2 rings (SSSR count). The third-order valence-corrected chi connectivity index (χ3v) is 5.98. The second-order valence-electron chi connectivity index (χ2n) is 6.30. The summed E-state index contributed by atoms with van der Waals surface area (Å²) in [5, 5.41) is 3.31. The van der Waals surface area contributed by atoms with Crippen LogP contribution >= 0.6 is 23.2 Å². The Balaban J connectivity index is 2.33. The number of carbonyl (C=O) groups is 1. The first-order valence-corrected chi connectivity index (χ1v) is 11.0. The molecular weight excluding hydrogens is 423 g/mol. The largest absolute Gasteiger partial charge is 0.496 e. The van der Waals surface area contributed by atoms with Crippen LogP contribution in [0.4, 0.5) is 5.69 Å². The summed E-state index contributed by atoms with van der Waals surface area (Å²) in [5.74, 6) is 0.140. The Kier molecular flexibility index (Phi) is 7.20. The maximum Gasteiger partial charge on any atom is 0.244 e. The lowest BCUT2D eigenvalue weighted by Gasteiger charge is -2.30. The summed E-state index contributed by atoms with van der Waals surface area (Å²) in [5.41, 5.74) is 0.918. The molecule has 0 aliphatic rings. The predicted molar refractivity (Wildman–Crippen MR) is 113 cm³/mol. The van der Waals surface area contributed by atoms with Gasteiger partial charge in [0.15, 0.2) is 0 Å². The number of para-hydroxylation sites is 1. The van der Waals surface area contributed by atoms with Crippen LogP contribution in [0.5, 0.6) is 5.75 Å². The molecule has 2 aromatic carbocycles. The van der Waals surface area contributed by atoms with E-state index in [2.05, 4.69) is 5.32 Å². The van der Waals surface area contributed by atoms with Crippen LogP contribution < -0.4 is 14.4 Å². The molecule has 0 saturated heterocycles. The van der Waals surface area contributed by atoms with Crippen LogP contribution in [0.1, 0.15) is 25.5 Å². The van der Waals surface area contributed by atoms with E-state index in [1.165, 1.54) is 19.1 Å². The highest BCUT2D eigenvalue weighted by Gasteiger charge is 2.31. The van der Waals surface area contributed by atoms with Gasteiger partial charge in [-0.25, -0.2) is 8.42 Å². The van der Waals surface area contributed by atoms with Gasteiger partial charge in [-0.1, -0.05) is 41.4 Å². The summed E-state index contributed by atoms with van der Waals surface area (Å²) < 4.78 is 31.1. The number of benzene rings is 2. The van der Waals surface area contributed by atoms with Crippen LogP contribution in [-0.2, 0) is 14.8 Å². The van der Waals surface area contributed by atoms with Crippen LogP contribution in [0, 0.1) is 0 Å². The molecule has 0 spiro atoms. The number of amides is 1. The maximum absolute atomic E-state index is 12.8. The van der Waals surface area contributed by atoms with E-state index in [4.69, 9.17) is 27.9 Å². The molecule has 0 heterocycles. The van der Waals surface area contributed by atoms with E-state index in [1.807, 2.05) is 18.2 Å². The normalized spacial score (nSPS) is 13.5. The highest BCUT2D eigenvalue weighted by Crippen LogP contribution is 2.32. The molecule has 0 aromatic heterocycles. The fourth-order valence-corrected chi connectivity index (χ4v) is 4.48. The first-order valence-electron chi connectivity index (χ1n) is 8.44. The van der Waals surface area contributed by atoms with Gasteiger partial charge >= 0.3 is 0 Å². The summed E-state index contributed by atoms with van der Waals surface area (Å²) in [6.07, 6.45) is 1.01. The third kappa shape index (κ3) is 5.10. The molecule has 1 amide bonds. The van der Waals surface area contributed by atoms with Gasteiger partial charge in [-0.3, -0.25) is 9.10 Å². The summed E-state index contributed by atoms with van der Waals surface area (Å²) in [6, 6.07) is 10.3. The van der Waals surface area contributed by atoms with E-state index in [9.17, 15) is 13.2 Å². The van der Waals surface area contributed by atoms with Crippen molar-refractivity contribution in [3.8, 4) is 5.75 Å². The van der Waals surface area contributed by atoms with Crippen LogP contribution in [-0.4, -0.2) is 33.7 Å². The topological polar surface area (TPSA) is 75.7 Å². The minimum absolute atomic E-state index is 0.143. The lowest BCUT2D eigenvalue weighted by molar-refractivity contribution is -0.122. The number of nitrogens with one attached hydrogen (secondary N) is 1. The van der Waals surface area contributed by atoms with Gasteiger partial charge in [0.1, 0.15) is 11.8 Å². The number of carbonyl (C=O) groups excluding carboxylic acids is 1. The van der Waals surface area contributed by atoms with Crippen molar-refractivity contribution in [2.75, 3.05) is 17.7 Å². The highest BCUT2D eigenvalue weighted by atomic mass is 35.5. The van der Waals surface area contributed by atoms with Crippen LogP contribution in [0.2, 0.25) is 10.0 Å². The molecule has 2 unspecified atom stereocenters. The molecular formula is C19H22Cl2N2O4S. The molecule has 28 heavy (non-hydrogen) atoms. The summed E-state index contributed by atoms with van der Waals surface area (Å²) in [7, 11) is -2.27. The zero-order valence-electron chi connectivity index (χ0n) is 15.9. The summed E-state index contributed by atoms with van der Waals surface area (Å²) in [6.45, 7) is 3.28. The third-order valence-electron chi connectivity index (χ3n) is 4.20. The Morgan fingerprint density at radius 2 is 1.79 bits per heavy atom. The van der Waals surface area contributed by atoms with Gasteiger partial charge in [-0.05, 0) is 38.1 Å². The molecule has 2 atom stereocenters. The lowest BCUT2D eigenvalue weighted by atomic mass is 10.1. The number of methoxy groups -OCH3 is 1. The number of hydrogen-bond acceptors (Lipinski definition) is 4. The van der Waals surface area contributed by atoms with E-state index in [0.717, 1.165) is 16.1 Å². The van der Waals surface area contributed by atoms with Crippen LogP contribution in [0.15, 0.2) is 42.5 Å². The number of halogens is 2. The Bertz CT molecular complexity index is 966. The number of anilines is 1. The molecule has 152 valence electrons. The van der Waals surface area contributed by atoms with Crippen LogP contribution in [0.25, 0.3) is 0 Å². The monoisotopic (exact) mass is 444 g/mol. The number of hydrogen-bond donors (Lipinski definition) is 1. The molecule has 2 aromatic rings. The van der Waals surface area contributed by atoms with E-state index in [-0.39, 0.29) is 10.7 Å². The van der Waals surface area contributed by atoms with E-state index >= 15 is 0 Å². The Labute approximate surface area is 175 Å². The fraction of sp³-hybridized carbons (Fsp3) is 0.316. The molecule has 0 saturated carbocycles. The minimum atomic E-state index is -3.81. The molecule has 6 nitrogen and oxygen atoms in total. The van der Waals surface area contributed by atoms with E-state index < -0.39 is 28.0 Å².